The number of rotatable bonds is 7. The number of hydrogen-bond acceptors (Lipinski definition) is 6. The number of nitriles is 1. The van der Waals surface area contributed by atoms with Crippen molar-refractivity contribution in [2.75, 3.05) is 52.1 Å². The van der Waals surface area contributed by atoms with Crippen LogP contribution < -0.4 is 5.32 Å². The number of carbonyl (C=O) groups is 1. The fourth-order valence-corrected chi connectivity index (χ4v) is 4.58. The molecule has 0 spiro atoms. The highest BCUT2D eigenvalue weighted by Gasteiger charge is 2.19. The minimum atomic E-state index is -3.55. The predicted octanol–water partition coefficient (Wildman–Crippen LogP) is 1.95. The highest BCUT2D eigenvalue weighted by molar-refractivity contribution is 7.89. The molecule has 0 bridgehead atoms. The second kappa shape index (κ2) is 10.7. The van der Waals surface area contributed by atoms with Gasteiger partial charge in [0.25, 0.3) is 0 Å². The average molecular weight is 456 g/mol. The lowest BCUT2D eigenvalue weighted by Gasteiger charge is -2.21. The number of anilines is 1. The van der Waals surface area contributed by atoms with E-state index in [9.17, 15) is 13.2 Å². The Hall–Kier alpha value is -2.77. The minimum Gasteiger partial charge on any atom is -0.325 e. The van der Waals surface area contributed by atoms with Crippen LogP contribution >= 0.6 is 0 Å². The van der Waals surface area contributed by atoms with E-state index in [4.69, 9.17) is 5.26 Å². The van der Waals surface area contributed by atoms with E-state index < -0.39 is 10.0 Å². The molecule has 3 rings (SSSR count). The topological polar surface area (TPSA) is 96.8 Å². The second-order valence-corrected chi connectivity index (χ2v) is 10.2. The van der Waals surface area contributed by atoms with Crippen molar-refractivity contribution < 1.29 is 13.2 Å². The molecule has 1 aliphatic heterocycles. The molecule has 0 aromatic heterocycles. The van der Waals surface area contributed by atoms with Crippen molar-refractivity contribution >= 4 is 21.6 Å². The van der Waals surface area contributed by atoms with E-state index >= 15 is 0 Å². The molecule has 1 saturated heterocycles. The molecular formula is C23H29N5O3S. The van der Waals surface area contributed by atoms with Gasteiger partial charge in [0.2, 0.25) is 15.9 Å². The molecule has 1 amide bonds. The molecule has 32 heavy (non-hydrogen) atoms. The Morgan fingerprint density at radius 2 is 1.75 bits per heavy atom. The maximum Gasteiger partial charge on any atom is 0.242 e. The fraction of sp³-hybridized carbons (Fsp3) is 0.391. The number of benzene rings is 2. The highest BCUT2D eigenvalue weighted by Crippen LogP contribution is 2.18. The van der Waals surface area contributed by atoms with Gasteiger partial charge in [0.1, 0.15) is 0 Å². The first-order valence-electron chi connectivity index (χ1n) is 10.5. The van der Waals surface area contributed by atoms with Crippen LogP contribution in [0.1, 0.15) is 17.5 Å². The molecule has 0 atom stereocenters. The zero-order valence-electron chi connectivity index (χ0n) is 18.5. The summed E-state index contributed by atoms with van der Waals surface area (Å²) in [5, 5.41) is 11.7. The lowest BCUT2D eigenvalue weighted by Crippen LogP contribution is -2.36. The van der Waals surface area contributed by atoms with Crippen LogP contribution in [0.15, 0.2) is 53.4 Å². The molecule has 170 valence electrons. The SMILES string of the molecule is CN(C)S(=O)(=O)c1cccc(NC(=O)CN2CCCN(Cc3ccc(C#N)cc3)CC2)c1. The Morgan fingerprint density at radius 3 is 2.44 bits per heavy atom. The third-order valence-electron chi connectivity index (χ3n) is 5.43. The Balaban J connectivity index is 1.52. The summed E-state index contributed by atoms with van der Waals surface area (Å²) >= 11 is 0. The van der Waals surface area contributed by atoms with Gasteiger partial charge in [0.05, 0.1) is 23.1 Å². The summed E-state index contributed by atoms with van der Waals surface area (Å²) in [6, 6.07) is 16.1. The summed E-state index contributed by atoms with van der Waals surface area (Å²) in [5.41, 5.74) is 2.30. The second-order valence-electron chi connectivity index (χ2n) is 8.08. The van der Waals surface area contributed by atoms with Gasteiger partial charge < -0.3 is 5.32 Å². The van der Waals surface area contributed by atoms with Crippen LogP contribution in [-0.2, 0) is 21.4 Å². The molecule has 9 heteroatoms. The van der Waals surface area contributed by atoms with Crippen LogP contribution in [0.2, 0.25) is 0 Å². The molecule has 1 N–H and O–H groups in total. The molecule has 0 aliphatic carbocycles. The summed E-state index contributed by atoms with van der Waals surface area (Å²) in [6.07, 6.45) is 0.958. The summed E-state index contributed by atoms with van der Waals surface area (Å²) in [4.78, 5) is 17.2. The zero-order chi connectivity index (χ0) is 23.1. The van der Waals surface area contributed by atoms with Crippen molar-refractivity contribution in [3.8, 4) is 6.07 Å². The quantitative estimate of drug-likeness (QED) is 0.686. The number of sulfonamides is 1. The fourth-order valence-electron chi connectivity index (χ4n) is 3.63. The van der Waals surface area contributed by atoms with Crippen molar-refractivity contribution in [3.05, 3.63) is 59.7 Å². The summed E-state index contributed by atoms with van der Waals surface area (Å²) in [6.45, 7) is 4.48. The van der Waals surface area contributed by atoms with Gasteiger partial charge in [-0.15, -0.1) is 0 Å². The molecule has 8 nitrogen and oxygen atoms in total. The summed E-state index contributed by atoms with van der Waals surface area (Å²) in [5.74, 6) is -0.162. The predicted molar refractivity (Wildman–Crippen MR) is 123 cm³/mol. The average Bonchev–Trinajstić information content (AvgIpc) is 2.99. The molecule has 0 saturated carbocycles. The number of hydrogen-bond donors (Lipinski definition) is 1. The first-order chi connectivity index (χ1) is 15.3. The van der Waals surface area contributed by atoms with E-state index in [1.165, 1.54) is 31.8 Å². The van der Waals surface area contributed by atoms with Gasteiger partial charge in [-0.3, -0.25) is 14.6 Å². The van der Waals surface area contributed by atoms with Crippen LogP contribution in [0.3, 0.4) is 0 Å². The first kappa shape index (κ1) is 23.9. The molecule has 2 aromatic rings. The Morgan fingerprint density at radius 1 is 1.06 bits per heavy atom. The molecule has 1 heterocycles. The normalized spacial score (nSPS) is 15.8. The van der Waals surface area contributed by atoms with Crippen LogP contribution in [0.4, 0.5) is 5.69 Å². The third kappa shape index (κ3) is 6.37. The molecule has 1 aliphatic rings. The number of nitrogens with zero attached hydrogens (tertiary/aromatic N) is 4. The van der Waals surface area contributed by atoms with E-state index in [1.807, 2.05) is 24.3 Å². The van der Waals surface area contributed by atoms with E-state index in [0.29, 0.717) is 11.3 Å². The van der Waals surface area contributed by atoms with Crippen molar-refractivity contribution in [2.24, 2.45) is 0 Å². The van der Waals surface area contributed by atoms with Crippen molar-refractivity contribution in [1.82, 2.24) is 14.1 Å². The van der Waals surface area contributed by atoms with E-state index in [2.05, 4.69) is 21.2 Å². The first-order valence-corrected chi connectivity index (χ1v) is 12.0. The molecule has 1 fully saturated rings. The van der Waals surface area contributed by atoms with Crippen LogP contribution in [0, 0.1) is 11.3 Å². The number of amides is 1. The van der Waals surface area contributed by atoms with Crippen molar-refractivity contribution in [3.63, 3.8) is 0 Å². The smallest absolute Gasteiger partial charge is 0.242 e. The van der Waals surface area contributed by atoms with Gasteiger partial charge in [-0.25, -0.2) is 12.7 Å². The van der Waals surface area contributed by atoms with Crippen molar-refractivity contribution in [2.45, 2.75) is 17.9 Å². The molecule has 0 radical (unpaired) electrons. The number of carbonyl (C=O) groups excluding carboxylic acids is 1. The van der Waals surface area contributed by atoms with Crippen LogP contribution in [0.5, 0.6) is 0 Å². The number of nitrogens with one attached hydrogen (secondary N) is 1. The maximum atomic E-state index is 12.6. The Kier molecular flexibility index (Phi) is 7.99. The monoisotopic (exact) mass is 455 g/mol. The van der Waals surface area contributed by atoms with Gasteiger partial charge >= 0.3 is 0 Å². The largest absolute Gasteiger partial charge is 0.325 e. The maximum absolute atomic E-state index is 12.6. The van der Waals surface area contributed by atoms with Gasteiger partial charge in [-0.05, 0) is 55.4 Å². The van der Waals surface area contributed by atoms with E-state index in [-0.39, 0.29) is 17.3 Å². The van der Waals surface area contributed by atoms with Gasteiger partial charge in [0.15, 0.2) is 0 Å². The summed E-state index contributed by atoms with van der Waals surface area (Å²) in [7, 11) is -0.599. The highest BCUT2D eigenvalue weighted by atomic mass is 32.2. The third-order valence-corrected chi connectivity index (χ3v) is 7.25. The molecule has 2 aromatic carbocycles. The molecule has 0 unspecified atom stereocenters. The summed E-state index contributed by atoms with van der Waals surface area (Å²) < 4.78 is 25.8. The Bertz CT molecular complexity index is 1080. The van der Waals surface area contributed by atoms with Crippen LogP contribution in [-0.4, -0.2) is 75.2 Å². The van der Waals surface area contributed by atoms with E-state index in [1.54, 1.807) is 12.1 Å². The lowest BCUT2D eigenvalue weighted by atomic mass is 10.1. The van der Waals surface area contributed by atoms with Crippen molar-refractivity contribution in [1.29, 1.82) is 5.26 Å². The standard InChI is InChI=1S/C23H29N5O3S/c1-26(2)32(30,31)22-6-3-5-21(15-22)25-23(29)18-28-12-4-11-27(13-14-28)17-20-9-7-19(16-24)8-10-20/h3,5-10,15H,4,11-14,17-18H2,1-2H3,(H,25,29). The molecular weight excluding hydrogens is 426 g/mol. The minimum absolute atomic E-state index is 0.147. The zero-order valence-corrected chi connectivity index (χ0v) is 19.3. The van der Waals surface area contributed by atoms with Crippen LogP contribution in [0.25, 0.3) is 0 Å². The van der Waals surface area contributed by atoms with Gasteiger partial charge in [-0.2, -0.15) is 5.26 Å². The lowest BCUT2D eigenvalue weighted by molar-refractivity contribution is -0.117. The van der Waals surface area contributed by atoms with E-state index in [0.717, 1.165) is 43.4 Å². The Labute approximate surface area is 190 Å². The van der Waals surface area contributed by atoms with Gasteiger partial charge in [0, 0.05) is 39.4 Å². The van der Waals surface area contributed by atoms with Gasteiger partial charge in [-0.1, -0.05) is 18.2 Å².